The average molecular weight is 568 g/mol. The van der Waals surface area contributed by atoms with Crippen LogP contribution in [0.15, 0.2) is 30.1 Å². The van der Waals surface area contributed by atoms with E-state index in [9.17, 15) is 15.2 Å². The molecule has 1 aromatic rings. The summed E-state index contributed by atoms with van der Waals surface area (Å²) in [4.78, 5) is 27.6. The number of aliphatic hydroxyl groups excluding tert-OH is 1. The monoisotopic (exact) mass is 567 g/mol. The summed E-state index contributed by atoms with van der Waals surface area (Å²) in [6.07, 6.45) is 11.6. The van der Waals surface area contributed by atoms with Crippen LogP contribution in [-0.2, 0) is 4.74 Å². The number of likely N-dealkylation sites (N-methyl/N-ethyl adjacent to an activating group) is 1. The average Bonchev–Trinajstić information content (AvgIpc) is 3.28. The van der Waals surface area contributed by atoms with Gasteiger partial charge in [0.05, 0.1) is 17.8 Å². The number of allylic oxidation sites excluding steroid dienone is 1. The third kappa shape index (κ3) is 8.87. The second kappa shape index (κ2) is 14.1. The predicted octanol–water partition coefficient (Wildman–Crippen LogP) is 2.36. The molecule has 4 N–H and O–H groups in total. The van der Waals surface area contributed by atoms with Crippen LogP contribution in [0.5, 0.6) is 0 Å². The Balaban J connectivity index is 1.24. The first kappa shape index (κ1) is 30.7. The molecule has 2 saturated heterocycles. The normalized spacial score (nSPS) is 22.1. The minimum atomic E-state index is -0.952. The first-order valence-corrected chi connectivity index (χ1v) is 14.6. The summed E-state index contributed by atoms with van der Waals surface area (Å²) < 4.78 is 5.44. The van der Waals surface area contributed by atoms with E-state index < -0.39 is 12.0 Å². The number of anilines is 2. The summed E-state index contributed by atoms with van der Waals surface area (Å²) in [5.74, 6) is 1.15. The highest BCUT2D eigenvalue weighted by atomic mass is 16.6. The van der Waals surface area contributed by atoms with Crippen molar-refractivity contribution in [2.24, 2.45) is 0 Å². The molecule has 1 aromatic heterocycles. The number of hydrogen-bond donors (Lipinski definition) is 4. The Morgan fingerprint density at radius 1 is 1.24 bits per heavy atom. The van der Waals surface area contributed by atoms with Gasteiger partial charge in [0.1, 0.15) is 11.9 Å². The van der Waals surface area contributed by atoms with Gasteiger partial charge in [-0.3, -0.25) is 5.32 Å². The van der Waals surface area contributed by atoms with Crippen LogP contribution in [-0.4, -0.2) is 101 Å². The van der Waals surface area contributed by atoms with Crippen molar-refractivity contribution in [3.8, 4) is 6.07 Å². The molecule has 3 heterocycles. The fourth-order valence-electron chi connectivity index (χ4n) is 5.27. The minimum absolute atomic E-state index is 0.0903. The first-order chi connectivity index (χ1) is 19.6. The number of aliphatic hydroxyl groups is 1. The molecule has 2 aliphatic heterocycles. The number of aromatic nitrogens is 2. The lowest BCUT2D eigenvalue weighted by Crippen LogP contribution is -2.49. The third-order valence-corrected chi connectivity index (χ3v) is 7.43. The second-order valence-corrected chi connectivity index (χ2v) is 11.9. The van der Waals surface area contributed by atoms with Gasteiger partial charge in [-0.1, -0.05) is 12.2 Å². The van der Waals surface area contributed by atoms with Gasteiger partial charge in [-0.25, -0.2) is 14.8 Å². The molecule has 12 nitrogen and oxygen atoms in total. The number of piperidine rings is 1. The van der Waals surface area contributed by atoms with Crippen LogP contribution in [0.25, 0.3) is 0 Å². The van der Waals surface area contributed by atoms with E-state index in [2.05, 4.69) is 44.1 Å². The Kier molecular flexibility index (Phi) is 10.6. The van der Waals surface area contributed by atoms with Gasteiger partial charge < -0.3 is 35.2 Å². The van der Waals surface area contributed by atoms with Gasteiger partial charge in [-0.2, -0.15) is 5.26 Å². The lowest BCUT2D eigenvalue weighted by atomic mass is 10.0. The molecule has 3 aliphatic rings. The van der Waals surface area contributed by atoms with E-state index in [1.165, 1.54) is 0 Å². The first-order valence-electron chi connectivity index (χ1n) is 14.6. The van der Waals surface area contributed by atoms with Crippen LogP contribution in [0.3, 0.4) is 0 Å². The number of nitriles is 1. The molecule has 0 saturated carbocycles. The summed E-state index contributed by atoms with van der Waals surface area (Å²) in [6, 6.07) is 2.61. The van der Waals surface area contributed by atoms with Crippen molar-refractivity contribution in [3.63, 3.8) is 0 Å². The molecule has 224 valence electrons. The number of rotatable bonds is 12. The van der Waals surface area contributed by atoms with Gasteiger partial charge >= 0.3 is 6.03 Å². The predicted molar refractivity (Wildman–Crippen MR) is 158 cm³/mol. The Morgan fingerprint density at radius 2 is 2.05 bits per heavy atom. The fourth-order valence-corrected chi connectivity index (χ4v) is 5.27. The number of unbranched alkanes of at least 4 members (excludes halogenated alkanes) is 1. The van der Waals surface area contributed by atoms with Crippen molar-refractivity contribution < 1.29 is 14.6 Å². The molecule has 0 bridgehead atoms. The maximum absolute atomic E-state index is 12.5. The molecule has 1 aliphatic carbocycles. The lowest BCUT2D eigenvalue weighted by Gasteiger charge is -2.37. The van der Waals surface area contributed by atoms with E-state index in [1.807, 2.05) is 38.8 Å². The fraction of sp³-hybridized carbons (Fsp3) is 0.655. The van der Waals surface area contributed by atoms with E-state index in [1.54, 1.807) is 11.1 Å². The third-order valence-electron chi connectivity index (χ3n) is 7.43. The summed E-state index contributed by atoms with van der Waals surface area (Å²) in [5.41, 5.74) is 0.739. The van der Waals surface area contributed by atoms with Gasteiger partial charge in [0.15, 0.2) is 11.5 Å². The number of ether oxygens (including phenoxy) is 1. The zero-order valence-electron chi connectivity index (χ0n) is 24.8. The number of amides is 2. The van der Waals surface area contributed by atoms with Gasteiger partial charge in [0.2, 0.25) is 6.41 Å². The molecular weight excluding hydrogens is 522 g/mol. The van der Waals surface area contributed by atoms with Crippen molar-refractivity contribution in [1.29, 1.82) is 5.26 Å². The number of carbonyl (C=O) groups excluding carboxylic acids is 1. The van der Waals surface area contributed by atoms with E-state index in [4.69, 9.17) is 9.72 Å². The molecule has 2 unspecified atom stereocenters. The van der Waals surface area contributed by atoms with E-state index >= 15 is 0 Å². The molecule has 0 radical (unpaired) electrons. The topological polar surface area (TPSA) is 142 Å². The number of nitrogens with zero attached hydrogens (tertiary/aromatic N) is 6. The maximum Gasteiger partial charge on any atom is 0.320 e. The van der Waals surface area contributed by atoms with Crippen LogP contribution >= 0.6 is 0 Å². The number of hydrogen-bond acceptors (Lipinski definition) is 10. The largest absolute Gasteiger partial charge is 0.356 e. The van der Waals surface area contributed by atoms with Crippen molar-refractivity contribution in [2.75, 3.05) is 56.5 Å². The molecule has 0 spiro atoms. The number of urea groups is 1. The Morgan fingerprint density at radius 3 is 2.73 bits per heavy atom. The quantitative estimate of drug-likeness (QED) is 0.220. The molecule has 12 heteroatoms. The van der Waals surface area contributed by atoms with Crippen LogP contribution < -0.4 is 20.9 Å². The second-order valence-electron chi connectivity index (χ2n) is 11.9. The highest BCUT2D eigenvalue weighted by molar-refractivity contribution is 5.76. The van der Waals surface area contributed by atoms with Crippen LogP contribution in [0, 0.1) is 11.3 Å². The molecule has 2 fully saturated rings. The molecule has 41 heavy (non-hydrogen) atoms. The SMILES string of the molecule is CN1CCN([C@@H]2CCCN(c3cnc(C#N)c(NC4=CCC(NCCCCNC(O)OC(C)(C)C)C=C4)n3)C2)C1=O. The van der Waals surface area contributed by atoms with Crippen molar-refractivity contribution in [2.45, 2.75) is 77.0 Å². The molecule has 2 amide bonds. The summed E-state index contributed by atoms with van der Waals surface area (Å²) in [6.45, 7) is 10.3. The highest BCUT2D eigenvalue weighted by Gasteiger charge is 2.34. The summed E-state index contributed by atoms with van der Waals surface area (Å²) >= 11 is 0. The number of nitrogens with one attached hydrogen (secondary N) is 3. The molecule has 3 atom stereocenters. The molecular formula is C29H45N9O3. The van der Waals surface area contributed by atoms with Gasteiger partial charge in [0, 0.05) is 45.0 Å². The zero-order chi connectivity index (χ0) is 29.4. The zero-order valence-corrected chi connectivity index (χ0v) is 24.8. The minimum Gasteiger partial charge on any atom is -0.356 e. The Bertz CT molecular complexity index is 1140. The molecule has 0 aromatic carbocycles. The maximum atomic E-state index is 12.5. The van der Waals surface area contributed by atoms with Crippen molar-refractivity contribution >= 4 is 17.7 Å². The van der Waals surface area contributed by atoms with E-state index in [0.717, 1.165) is 64.0 Å². The summed E-state index contributed by atoms with van der Waals surface area (Å²) in [5, 5.41) is 29.3. The van der Waals surface area contributed by atoms with Crippen LogP contribution in [0.2, 0.25) is 0 Å². The number of carbonyl (C=O) groups is 1. The van der Waals surface area contributed by atoms with Gasteiger partial charge in [0.25, 0.3) is 0 Å². The van der Waals surface area contributed by atoms with Gasteiger partial charge in [-0.05, 0) is 72.0 Å². The van der Waals surface area contributed by atoms with Crippen molar-refractivity contribution in [1.82, 2.24) is 30.4 Å². The van der Waals surface area contributed by atoms with Crippen LogP contribution in [0.1, 0.15) is 58.6 Å². The van der Waals surface area contributed by atoms with E-state index in [-0.39, 0.29) is 23.8 Å². The van der Waals surface area contributed by atoms with Gasteiger partial charge in [-0.15, -0.1) is 0 Å². The Hall–Kier alpha value is -3.24. The standard InChI is InChI=1S/C29H45N9O3/c1-29(2,3)41-27(39)32-14-6-5-13-31-21-9-11-22(12-10-21)34-26-24(18-30)33-19-25(35-26)37-15-7-8-23(20-37)38-17-16-36(4)28(38)40/h9,11-12,19,21,23,27,31-32,39H,5-8,10,13-17,20H2,1-4H3,(H,34,35)/t21?,23-,27?/m1/s1. The Labute approximate surface area is 243 Å². The molecule has 4 rings (SSSR count). The summed E-state index contributed by atoms with van der Waals surface area (Å²) in [7, 11) is 1.84. The van der Waals surface area contributed by atoms with Crippen LogP contribution in [0.4, 0.5) is 16.4 Å². The van der Waals surface area contributed by atoms with E-state index in [0.29, 0.717) is 24.7 Å². The van der Waals surface area contributed by atoms with Crippen molar-refractivity contribution in [3.05, 3.63) is 35.8 Å². The lowest BCUT2D eigenvalue weighted by molar-refractivity contribution is -0.181. The highest BCUT2D eigenvalue weighted by Crippen LogP contribution is 2.25. The smallest absolute Gasteiger partial charge is 0.320 e.